The minimum atomic E-state index is -4.76. The molecule has 0 aliphatic heterocycles. The molecule has 0 bridgehead atoms. The number of hydrogen-bond donors (Lipinski definition) is 1. The van der Waals surface area contributed by atoms with Crippen LogP contribution in [0.5, 0.6) is 0 Å². The van der Waals surface area contributed by atoms with Gasteiger partial charge in [0.1, 0.15) is 6.04 Å². The molecule has 1 atom stereocenters. The number of nitrogens with zero attached hydrogens (tertiary/aromatic N) is 1. The third-order valence-electron chi connectivity index (χ3n) is 2.97. The van der Waals surface area contributed by atoms with Gasteiger partial charge >= 0.3 is 6.18 Å². The highest BCUT2D eigenvalue weighted by atomic mass is 32.2. The highest BCUT2D eigenvalue weighted by molar-refractivity contribution is 7.89. The van der Waals surface area contributed by atoms with Crippen LogP contribution in [0.15, 0.2) is 53.7 Å². The van der Waals surface area contributed by atoms with E-state index < -0.39 is 22.2 Å². The van der Waals surface area contributed by atoms with Crippen LogP contribution in [0, 0.1) is 6.92 Å². The van der Waals surface area contributed by atoms with Gasteiger partial charge in [-0.2, -0.15) is 17.9 Å². The Balaban J connectivity index is 2.37. The predicted molar refractivity (Wildman–Crippen MR) is 74.5 cm³/mol. The van der Waals surface area contributed by atoms with Gasteiger partial charge in [0.25, 0.3) is 0 Å². The number of pyridine rings is 1. The summed E-state index contributed by atoms with van der Waals surface area (Å²) in [7, 11) is -4.30. The molecule has 1 N–H and O–H groups in total. The second kappa shape index (κ2) is 6.05. The van der Waals surface area contributed by atoms with Gasteiger partial charge in [-0.1, -0.05) is 17.7 Å². The number of sulfonamides is 1. The number of benzene rings is 1. The molecule has 0 fully saturated rings. The summed E-state index contributed by atoms with van der Waals surface area (Å²) in [6.45, 7) is 1.75. The lowest BCUT2D eigenvalue weighted by molar-refractivity contribution is -0.153. The molecule has 0 saturated carbocycles. The van der Waals surface area contributed by atoms with E-state index in [0.29, 0.717) is 0 Å². The van der Waals surface area contributed by atoms with Crippen LogP contribution in [0.25, 0.3) is 0 Å². The monoisotopic (exact) mass is 330 g/mol. The van der Waals surface area contributed by atoms with Crippen molar-refractivity contribution in [3.63, 3.8) is 0 Å². The second-order valence-electron chi connectivity index (χ2n) is 4.69. The van der Waals surface area contributed by atoms with Crippen molar-refractivity contribution < 1.29 is 21.6 Å². The smallest absolute Gasteiger partial charge is 0.265 e. The van der Waals surface area contributed by atoms with Crippen LogP contribution in [0.2, 0.25) is 0 Å². The Morgan fingerprint density at radius 3 is 2.09 bits per heavy atom. The first-order valence-corrected chi connectivity index (χ1v) is 7.74. The van der Waals surface area contributed by atoms with E-state index in [1.807, 2.05) is 0 Å². The fourth-order valence-electron chi connectivity index (χ4n) is 1.82. The van der Waals surface area contributed by atoms with E-state index in [4.69, 9.17) is 0 Å². The highest BCUT2D eigenvalue weighted by Crippen LogP contribution is 2.33. The Bertz CT molecular complexity index is 729. The molecule has 0 spiro atoms. The topological polar surface area (TPSA) is 59.1 Å². The molecule has 0 aliphatic carbocycles. The van der Waals surface area contributed by atoms with Crippen molar-refractivity contribution in [2.24, 2.45) is 0 Å². The largest absolute Gasteiger partial charge is 0.408 e. The van der Waals surface area contributed by atoms with Crippen molar-refractivity contribution in [2.45, 2.75) is 24.0 Å². The Morgan fingerprint density at radius 2 is 1.59 bits per heavy atom. The molecule has 0 radical (unpaired) electrons. The molecule has 2 rings (SSSR count). The first kappa shape index (κ1) is 16.4. The molecule has 0 saturated heterocycles. The van der Waals surface area contributed by atoms with Crippen LogP contribution >= 0.6 is 0 Å². The molecule has 1 heterocycles. The standard InChI is InChI=1S/C14H13F3N2O2S/c1-10-2-4-12(5-3-10)22(20,21)19-13(14(15,16)17)11-6-8-18-9-7-11/h2-9,13,19H,1H3. The minimum Gasteiger partial charge on any atom is -0.265 e. The maximum absolute atomic E-state index is 13.2. The molecule has 1 unspecified atom stereocenters. The van der Waals surface area contributed by atoms with Gasteiger partial charge in [0, 0.05) is 12.4 Å². The lowest BCUT2D eigenvalue weighted by atomic mass is 10.1. The summed E-state index contributed by atoms with van der Waals surface area (Å²) in [6, 6.07) is 5.47. The highest BCUT2D eigenvalue weighted by Gasteiger charge is 2.43. The summed E-state index contributed by atoms with van der Waals surface area (Å²) in [6.07, 6.45) is -2.42. The third kappa shape index (κ3) is 3.83. The van der Waals surface area contributed by atoms with E-state index >= 15 is 0 Å². The molecule has 0 amide bonds. The summed E-state index contributed by atoms with van der Waals surface area (Å²) < 4.78 is 65.5. The number of nitrogens with one attached hydrogen (secondary N) is 1. The number of rotatable bonds is 4. The molecular weight excluding hydrogens is 317 g/mol. The SMILES string of the molecule is Cc1ccc(S(=O)(=O)NC(c2ccncc2)C(F)(F)F)cc1. The van der Waals surface area contributed by atoms with Crippen molar-refractivity contribution in [2.75, 3.05) is 0 Å². The second-order valence-corrected chi connectivity index (χ2v) is 6.40. The van der Waals surface area contributed by atoms with Crippen molar-refractivity contribution in [3.8, 4) is 0 Å². The third-order valence-corrected chi connectivity index (χ3v) is 4.41. The van der Waals surface area contributed by atoms with Crippen LogP contribution in [-0.4, -0.2) is 19.6 Å². The van der Waals surface area contributed by atoms with Crippen molar-refractivity contribution in [1.29, 1.82) is 0 Å². The summed E-state index contributed by atoms with van der Waals surface area (Å²) in [5.41, 5.74) is 0.582. The van der Waals surface area contributed by atoms with Crippen molar-refractivity contribution in [1.82, 2.24) is 9.71 Å². The van der Waals surface area contributed by atoms with Gasteiger partial charge in [0.2, 0.25) is 10.0 Å². The first-order chi connectivity index (χ1) is 10.2. The average molecular weight is 330 g/mol. The fraction of sp³-hybridized carbons (Fsp3) is 0.214. The van der Waals surface area contributed by atoms with E-state index in [-0.39, 0.29) is 10.5 Å². The number of aromatic nitrogens is 1. The van der Waals surface area contributed by atoms with Crippen molar-refractivity contribution >= 4 is 10.0 Å². The Morgan fingerprint density at radius 1 is 1.05 bits per heavy atom. The van der Waals surface area contributed by atoms with Crippen LogP contribution in [0.4, 0.5) is 13.2 Å². The summed E-state index contributed by atoms with van der Waals surface area (Å²) in [5.74, 6) is 0. The average Bonchev–Trinajstić information content (AvgIpc) is 2.45. The number of halogens is 3. The quantitative estimate of drug-likeness (QED) is 0.937. The van der Waals surface area contributed by atoms with Crippen LogP contribution in [0.3, 0.4) is 0 Å². The first-order valence-electron chi connectivity index (χ1n) is 6.26. The zero-order chi connectivity index (χ0) is 16.4. The van der Waals surface area contributed by atoms with Gasteiger partial charge in [0.15, 0.2) is 0 Å². The normalized spacial score (nSPS) is 13.8. The molecule has 0 aliphatic rings. The van der Waals surface area contributed by atoms with Crippen LogP contribution in [-0.2, 0) is 10.0 Å². The van der Waals surface area contributed by atoms with Gasteiger partial charge in [-0.3, -0.25) is 4.98 Å². The Labute approximate surface area is 126 Å². The Kier molecular flexibility index (Phi) is 4.52. The van der Waals surface area contributed by atoms with E-state index in [9.17, 15) is 21.6 Å². The minimum absolute atomic E-state index is 0.221. The number of alkyl halides is 3. The van der Waals surface area contributed by atoms with Gasteiger partial charge in [-0.25, -0.2) is 8.42 Å². The van der Waals surface area contributed by atoms with E-state index in [1.54, 1.807) is 11.6 Å². The number of aryl methyl sites for hydroxylation is 1. The lowest BCUT2D eigenvalue weighted by Crippen LogP contribution is -2.38. The predicted octanol–water partition coefficient (Wildman–Crippen LogP) is 2.97. The molecular formula is C14H13F3N2O2S. The summed E-state index contributed by atoms with van der Waals surface area (Å²) in [4.78, 5) is 3.41. The van der Waals surface area contributed by atoms with Gasteiger partial charge in [0.05, 0.1) is 4.90 Å². The maximum Gasteiger partial charge on any atom is 0.408 e. The fourth-order valence-corrected chi connectivity index (χ4v) is 3.03. The van der Waals surface area contributed by atoms with Crippen molar-refractivity contribution in [3.05, 3.63) is 59.9 Å². The molecule has 1 aromatic carbocycles. The Hall–Kier alpha value is -1.93. The molecule has 118 valence electrons. The van der Waals surface area contributed by atoms with Gasteiger partial charge in [-0.15, -0.1) is 0 Å². The molecule has 8 heteroatoms. The molecule has 22 heavy (non-hydrogen) atoms. The zero-order valence-electron chi connectivity index (χ0n) is 11.5. The van der Waals surface area contributed by atoms with Crippen LogP contribution < -0.4 is 4.72 Å². The summed E-state index contributed by atoms with van der Waals surface area (Å²) in [5, 5.41) is 0. The van der Waals surface area contributed by atoms with Crippen LogP contribution in [0.1, 0.15) is 17.2 Å². The van der Waals surface area contributed by atoms with E-state index in [1.165, 1.54) is 36.7 Å². The zero-order valence-corrected chi connectivity index (χ0v) is 12.3. The maximum atomic E-state index is 13.2. The molecule has 4 nitrogen and oxygen atoms in total. The number of hydrogen-bond acceptors (Lipinski definition) is 3. The van der Waals surface area contributed by atoms with E-state index in [2.05, 4.69) is 4.98 Å². The summed E-state index contributed by atoms with van der Waals surface area (Å²) >= 11 is 0. The molecule has 2 aromatic rings. The van der Waals surface area contributed by atoms with Gasteiger partial charge in [-0.05, 0) is 36.8 Å². The van der Waals surface area contributed by atoms with E-state index in [0.717, 1.165) is 17.7 Å². The molecule has 1 aromatic heterocycles. The van der Waals surface area contributed by atoms with Gasteiger partial charge < -0.3 is 0 Å². The lowest BCUT2D eigenvalue weighted by Gasteiger charge is -2.21.